The molecule has 196 valence electrons. The van der Waals surface area contributed by atoms with E-state index in [9.17, 15) is 9.59 Å². The molecular weight excluding hydrogens is 472 g/mol. The second kappa shape index (κ2) is 9.20. The lowest BCUT2D eigenvalue weighted by Gasteiger charge is -2.41. The molecule has 2 aliphatic heterocycles. The van der Waals surface area contributed by atoms with Crippen LogP contribution in [0.3, 0.4) is 0 Å². The third-order valence-corrected chi connectivity index (χ3v) is 6.72. The number of pyridine rings is 2. The Morgan fingerprint density at radius 3 is 2.68 bits per heavy atom. The average molecular weight is 507 g/mol. The van der Waals surface area contributed by atoms with Crippen LogP contribution in [0.25, 0.3) is 5.65 Å². The number of nitrogens with zero attached hydrogens (tertiary/aromatic N) is 7. The first-order valence-electron chi connectivity index (χ1n) is 12.6. The predicted octanol–water partition coefficient (Wildman–Crippen LogP) is 3.78. The van der Waals surface area contributed by atoms with Gasteiger partial charge in [0.15, 0.2) is 5.65 Å². The summed E-state index contributed by atoms with van der Waals surface area (Å²) in [4.78, 5) is 40.6. The zero-order valence-electron chi connectivity index (χ0n) is 22.3. The third-order valence-electron chi connectivity index (χ3n) is 6.72. The van der Waals surface area contributed by atoms with Crippen LogP contribution in [-0.4, -0.2) is 74.4 Å². The number of aromatic nitrogens is 4. The maximum Gasteiger partial charge on any atom is 0.410 e. The largest absolute Gasteiger partial charge is 0.444 e. The molecule has 2 aliphatic rings. The first-order valence-corrected chi connectivity index (χ1v) is 12.6. The number of fused-ring (bicyclic) bond motifs is 2. The van der Waals surface area contributed by atoms with Crippen molar-refractivity contribution in [2.24, 2.45) is 0 Å². The molecule has 11 nitrogen and oxygen atoms in total. The Balaban J connectivity index is 1.31. The molecule has 0 aromatic carbocycles. The van der Waals surface area contributed by atoms with Crippen molar-refractivity contribution in [3.63, 3.8) is 0 Å². The number of piperazine rings is 1. The molecule has 0 unspecified atom stereocenters. The summed E-state index contributed by atoms with van der Waals surface area (Å²) in [7, 11) is 0. The summed E-state index contributed by atoms with van der Waals surface area (Å²) in [6.07, 6.45) is 3.97. The summed E-state index contributed by atoms with van der Waals surface area (Å²) in [6, 6.07) is 3.67. The zero-order chi connectivity index (χ0) is 26.5. The maximum atomic E-state index is 13.3. The van der Waals surface area contributed by atoms with E-state index < -0.39 is 5.60 Å². The molecular formula is C26H34N8O3. The van der Waals surface area contributed by atoms with Crippen LogP contribution in [0.15, 0.2) is 24.5 Å². The molecule has 3 aromatic rings. The number of carbonyl (C=O) groups is 2. The molecule has 0 saturated carbocycles. The summed E-state index contributed by atoms with van der Waals surface area (Å²) in [5.74, 6) is 1.35. The number of hydrogen-bond acceptors (Lipinski definition) is 7. The third kappa shape index (κ3) is 4.90. The maximum absolute atomic E-state index is 13.3. The molecule has 1 N–H and O–H groups in total. The lowest BCUT2D eigenvalue weighted by molar-refractivity contribution is 0.0159. The van der Waals surface area contributed by atoms with Crippen molar-refractivity contribution in [1.29, 1.82) is 0 Å². The van der Waals surface area contributed by atoms with Gasteiger partial charge in [-0.05, 0) is 65.7 Å². The Morgan fingerprint density at radius 2 is 1.95 bits per heavy atom. The van der Waals surface area contributed by atoms with Crippen molar-refractivity contribution >= 4 is 35.0 Å². The predicted molar refractivity (Wildman–Crippen MR) is 141 cm³/mol. The minimum atomic E-state index is -0.525. The van der Waals surface area contributed by atoms with Gasteiger partial charge in [0, 0.05) is 49.7 Å². The molecule has 1 fully saturated rings. The fourth-order valence-electron chi connectivity index (χ4n) is 4.98. The molecule has 0 spiro atoms. The van der Waals surface area contributed by atoms with Gasteiger partial charge in [0.2, 0.25) is 0 Å². The molecule has 3 amide bonds. The highest BCUT2D eigenvalue weighted by atomic mass is 16.6. The van der Waals surface area contributed by atoms with Gasteiger partial charge in [-0.25, -0.2) is 24.1 Å². The number of hydrogen-bond donors (Lipinski definition) is 1. The van der Waals surface area contributed by atoms with Gasteiger partial charge in [-0.3, -0.25) is 4.90 Å². The van der Waals surface area contributed by atoms with E-state index in [1.807, 2.05) is 53.7 Å². The Labute approximate surface area is 216 Å². The first-order chi connectivity index (χ1) is 17.5. The van der Waals surface area contributed by atoms with Gasteiger partial charge in [0.05, 0.1) is 11.9 Å². The molecule has 0 bridgehead atoms. The van der Waals surface area contributed by atoms with E-state index in [4.69, 9.17) is 4.74 Å². The van der Waals surface area contributed by atoms with Crippen molar-refractivity contribution in [1.82, 2.24) is 24.5 Å². The molecule has 11 heteroatoms. The monoisotopic (exact) mass is 506 g/mol. The number of nitrogens with one attached hydrogen (secondary N) is 1. The summed E-state index contributed by atoms with van der Waals surface area (Å²) in [5.41, 5.74) is 3.92. The van der Waals surface area contributed by atoms with Crippen LogP contribution in [0.5, 0.6) is 0 Å². The van der Waals surface area contributed by atoms with Gasteiger partial charge in [-0.1, -0.05) is 0 Å². The minimum Gasteiger partial charge on any atom is -0.444 e. The van der Waals surface area contributed by atoms with Crippen LogP contribution in [0.1, 0.15) is 44.6 Å². The SMILES string of the molecule is Cc1nc2cc(C)c(NC(=O)N3CCc4c(N5CCN(C(=O)OC(C)(C)C)[C@@H](C)C5)ccnc43)cn2n1. The number of carbonyl (C=O) groups excluding carboxylic acids is 2. The van der Waals surface area contributed by atoms with Crippen molar-refractivity contribution in [2.45, 2.75) is 59.6 Å². The number of aryl methyl sites for hydroxylation is 2. The zero-order valence-corrected chi connectivity index (χ0v) is 22.3. The molecule has 3 aromatic heterocycles. The van der Waals surface area contributed by atoms with Crippen LogP contribution in [0.4, 0.5) is 26.8 Å². The van der Waals surface area contributed by atoms with Crippen molar-refractivity contribution in [2.75, 3.05) is 41.3 Å². The van der Waals surface area contributed by atoms with E-state index in [2.05, 4.69) is 25.3 Å². The topological polar surface area (TPSA) is 108 Å². The van der Waals surface area contributed by atoms with Crippen molar-refractivity contribution in [3.05, 3.63) is 41.5 Å². The van der Waals surface area contributed by atoms with Crippen LogP contribution < -0.4 is 15.1 Å². The van der Waals surface area contributed by atoms with E-state index in [1.165, 1.54) is 0 Å². The molecule has 5 rings (SSSR count). The normalized spacial score (nSPS) is 17.8. The van der Waals surface area contributed by atoms with Gasteiger partial charge in [-0.15, -0.1) is 0 Å². The van der Waals surface area contributed by atoms with Crippen LogP contribution in [0, 0.1) is 13.8 Å². The van der Waals surface area contributed by atoms with Gasteiger partial charge in [-0.2, -0.15) is 5.10 Å². The van der Waals surface area contributed by atoms with Crippen LogP contribution >= 0.6 is 0 Å². The lowest BCUT2D eigenvalue weighted by Crippen LogP contribution is -2.55. The van der Waals surface area contributed by atoms with Gasteiger partial charge >= 0.3 is 12.1 Å². The summed E-state index contributed by atoms with van der Waals surface area (Å²) in [6.45, 7) is 13.9. The second-order valence-corrected chi connectivity index (χ2v) is 10.8. The smallest absolute Gasteiger partial charge is 0.410 e. The average Bonchev–Trinajstić information content (AvgIpc) is 3.40. The van der Waals surface area contributed by atoms with Crippen LogP contribution in [-0.2, 0) is 11.2 Å². The van der Waals surface area contributed by atoms with E-state index in [0.29, 0.717) is 49.9 Å². The molecule has 5 heterocycles. The molecule has 37 heavy (non-hydrogen) atoms. The van der Waals surface area contributed by atoms with E-state index in [-0.39, 0.29) is 18.2 Å². The second-order valence-electron chi connectivity index (χ2n) is 10.8. The van der Waals surface area contributed by atoms with E-state index >= 15 is 0 Å². The van der Waals surface area contributed by atoms with Crippen molar-refractivity contribution in [3.8, 4) is 0 Å². The number of rotatable bonds is 2. The fourth-order valence-corrected chi connectivity index (χ4v) is 4.98. The van der Waals surface area contributed by atoms with E-state index in [1.54, 1.807) is 26.7 Å². The number of anilines is 3. The Bertz CT molecular complexity index is 1360. The van der Waals surface area contributed by atoms with E-state index in [0.717, 1.165) is 22.5 Å². The fraction of sp³-hybridized carbons (Fsp3) is 0.500. The van der Waals surface area contributed by atoms with Gasteiger partial charge < -0.3 is 19.9 Å². The van der Waals surface area contributed by atoms with Gasteiger partial charge in [0.25, 0.3) is 0 Å². The number of amides is 3. The summed E-state index contributed by atoms with van der Waals surface area (Å²) < 4.78 is 7.25. The number of urea groups is 1. The minimum absolute atomic E-state index is 0.00784. The standard InChI is InChI=1S/C26H34N8O3/c1-16-13-22-28-18(3)30-34(22)15-20(16)29-24(35)33-10-8-19-21(7-9-27-23(19)33)31-11-12-32(17(2)14-31)25(36)37-26(4,5)6/h7,9,13,15,17H,8,10-12,14H2,1-6H3,(H,29,35)/t17-/m0/s1. The lowest BCUT2D eigenvalue weighted by atomic mass is 10.1. The highest BCUT2D eigenvalue weighted by Crippen LogP contribution is 2.35. The Hall–Kier alpha value is -3.89. The Morgan fingerprint density at radius 1 is 1.16 bits per heavy atom. The van der Waals surface area contributed by atoms with Crippen LogP contribution in [0.2, 0.25) is 0 Å². The first kappa shape index (κ1) is 24.8. The quantitative estimate of drug-likeness (QED) is 0.563. The molecule has 1 saturated heterocycles. The van der Waals surface area contributed by atoms with Crippen molar-refractivity contribution < 1.29 is 14.3 Å². The molecule has 0 radical (unpaired) electrons. The van der Waals surface area contributed by atoms with Gasteiger partial charge in [0.1, 0.15) is 17.2 Å². The highest BCUT2D eigenvalue weighted by molar-refractivity contribution is 6.03. The summed E-state index contributed by atoms with van der Waals surface area (Å²) in [5, 5.41) is 7.37. The highest BCUT2D eigenvalue weighted by Gasteiger charge is 2.34. The molecule has 1 atom stereocenters. The number of ether oxygens (including phenoxy) is 1. The Kier molecular flexibility index (Phi) is 6.17. The summed E-state index contributed by atoms with van der Waals surface area (Å²) >= 11 is 0. The molecule has 0 aliphatic carbocycles.